The second-order valence-corrected chi connectivity index (χ2v) is 6.69. The van der Waals surface area contributed by atoms with E-state index in [2.05, 4.69) is 35.4 Å². The van der Waals surface area contributed by atoms with Crippen LogP contribution in [0.15, 0.2) is 18.2 Å². The van der Waals surface area contributed by atoms with Crippen molar-refractivity contribution < 1.29 is 0 Å². The van der Waals surface area contributed by atoms with Crippen LogP contribution in [0.5, 0.6) is 0 Å². The van der Waals surface area contributed by atoms with E-state index in [0.29, 0.717) is 0 Å². The number of hydrogen-bond donors (Lipinski definition) is 1. The molecule has 1 aliphatic carbocycles. The van der Waals surface area contributed by atoms with E-state index in [1.165, 1.54) is 48.8 Å². The minimum absolute atomic E-state index is 0.999. The molecule has 1 fully saturated rings. The van der Waals surface area contributed by atoms with Crippen molar-refractivity contribution in [2.24, 2.45) is 5.92 Å². The van der Waals surface area contributed by atoms with Gasteiger partial charge >= 0.3 is 0 Å². The number of aromatic nitrogens is 1. The number of nitrogens with one attached hydrogen (secondary N) is 1. The molecule has 0 atom stereocenters. The van der Waals surface area contributed by atoms with Crippen LogP contribution in [0.3, 0.4) is 0 Å². The van der Waals surface area contributed by atoms with Gasteiger partial charge in [0.15, 0.2) is 5.13 Å². The number of nitrogens with zero attached hydrogens (tertiary/aromatic N) is 1. The van der Waals surface area contributed by atoms with Crippen molar-refractivity contribution in [3.8, 4) is 0 Å². The largest absolute Gasteiger partial charge is 0.361 e. The van der Waals surface area contributed by atoms with E-state index in [1.54, 1.807) is 11.3 Å². The Kier molecular flexibility index (Phi) is 4.02. The Labute approximate surface area is 119 Å². The van der Waals surface area contributed by atoms with Crippen LogP contribution in [-0.4, -0.2) is 11.5 Å². The molecule has 0 radical (unpaired) electrons. The van der Waals surface area contributed by atoms with Crippen molar-refractivity contribution in [2.45, 2.75) is 45.4 Å². The maximum absolute atomic E-state index is 4.69. The second-order valence-electron chi connectivity index (χ2n) is 5.66. The van der Waals surface area contributed by atoms with Gasteiger partial charge in [0.1, 0.15) is 0 Å². The third-order valence-corrected chi connectivity index (χ3v) is 5.14. The Bertz CT molecular complexity index is 541. The van der Waals surface area contributed by atoms with Gasteiger partial charge in [-0.1, -0.05) is 49.2 Å². The maximum atomic E-state index is 4.69. The fraction of sp³-hybridized carbons (Fsp3) is 0.562. The van der Waals surface area contributed by atoms with Crippen molar-refractivity contribution in [3.05, 3.63) is 23.8 Å². The van der Waals surface area contributed by atoms with Crippen LogP contribution >= 0.6 is 11.3 Å². The highest BCUT2D eigenvalue weighted by molar-refractivity contribution is 7.22. The lowest BCUT2D eigenvalue weighted by molar-refractivity contribution is 0.491. The van der Waals surface area contributed by atoms with E-state index in [-0.39, 0.29) is 0 Å². The first kappa shape index (κ1) is 12.9. The highest BCUT2D eigenvalue weighted by Gasteiger charge is 2.14. The molecule has 19 heavy (non-hydrogen) atoms. The lowest BCUT2D eigenvalue weighted by atomic mass is 10.0. The van der Waals surface area contributed by atoms with E-state index in [1.807, 2.05) is 0 Å². The number of rotatable bonds is 5. The summed E-state index contributed by atoms with van der Waals surface area (Å²) in [6.45, 7) is 3.20. The summed E-state index contributed by atoms with van der Waals surface area (Å²) in [4.78, 5) is 4.69. The Morgan fingerprint density at radius 3 is 2.95 bits per heavy atom. The molecule has 0 unspecified atom stereocenters. The van der Waals surface area contributed by atoms with Crippen LogP contribution in [0.1, 0.15) is 44.1 Å². The molecule has 1 heterocycles. The lowest BCUT2D eigenvalue weighted by Crippen LogP contribution is -2.03. The fourth-order valence-corrected chi connectivity index (χ4v) is 4.02. The predicted octanol–water partition coefficient (Wildman–Crippen LogP) is 4.99. The van der Waals surface area contributed by atoms with Crippen LogP contribution in [0, 0.1) is 12.8 Å². The first-order chi connectivity index (χ1) is 9.33. The summed E-state index contributed by atoms with van der Waals surface area (Å²) in [6, 6.07) is 6.40. The fourth-order valence-electron chi connectivity index (χ4n) is 3.05. The second kappa shape index (κ2) is 5.91. The number of thiazole rings is 1. The first-order valence-electron chi connectivity index (χ1n) is 7.43. The van der Waals surface area contributed by atoms with Gasteiger partial charge in [-0.05, 0) is 37.3 Å². The lowest BCUT2D eigenvalue weighted by Gasteiger charge is -2.08. The SMILES string of the molecule is Cc1cccc2sc(NCCCC3CCCC3)nc12. The topological polar surface area (TPSA) is 24.9 Å². The van der Waals surface area contributed by atoms with Crippen molar-refractivity contribution >= 4 is 26.7 Å². The molecular formula is C16H22N2S. The quantitative estimate of drug-likeness (QED) is 0.777. The number of para-hydroxylation sites is 1. The smallest absolute Gasteiger partial charge is 0.183 e. The van der Waals surface area contributed by atoms with Crippen molar-refractivity contribution in [1.29, 1.82) is 0 Å². The van der Waals surface area contributed by atoms with Gasteiger partial charge < -0.3 is 5.32 Å². The van der Waals surface area contributed by atoms with Gasteiger partial charge in [-0.25, -0.2) is 4.98 Å². The number of aryl methyl sites for hydroxylation is 1. The molecule has 1 N–H and O–H groups in total. The van der Waals surface area contributed by atoms with Crippen molar-refractivity contribution in [1.82, 2.24) is 4.98 Å². The van der Waals surface area contributed by atoms with Crippen LogP contribution in [0.4, 0.5) is 5.13 Å². The molecule has 0 saturated heterocycles. The standard InChI is InChI=1S/C16H22N2S/c1-12-6-4-10-14-15(12)18-16(19-14)17-11-5-9-13-7-2-3-8-13/h4,6,10,13H,2-3,5,7-9,11H2,1H3,(H,17,18). The van der Waals surface area contributed by atoms with Gasteiger partial charge in [-0.2, -0.15) is 0 Å². The summed E-state index contributed by atoms with van der Waals surface area (Å²) < 4.78 is 1.29. The molecule has 1 aromatic heterocycles. The molecule has 0 spiro atoms. The van der Waals surface area contributed by atoms with Crippen LogP contribution in [0.2, 0.25) is 0 Å². The number of anilines is 1. The average molecular weight is 274 g/mol. The molecular weight excluding hydrogens is 252 g/mol. The summed E-state index contributed by atoms with van der Waals surface area (Å²) in [5.74, 6) is 0.999. The average Bonchev–Trinajstić information content (AvgIpc) is 3.04. The summed E-state index contributed by atoms with van der Waals surface area (Å²) >= 11 is 1.77. The first-order valence-corrected chi connectivity index (χ1v) is 8.24. The molecule has 3 heteroatoms. The van der Waals surface area contributed by atoms with Gasteiger partial charge in [0.2, 0.25) is 0 Å². The summed E-state index contributed by atoms with van der Waals surface area (Å²) in [5.41, 5.74) is 2.43. The molecule has 2 aromatic rings. The zero-order valence-electron chi connectivity index (χ0n) is 11.6. The number of benzene rings is 1. The molecule has 1 aliphatic rings. The minimum Gasteiger partial charge on any atom is -0.361 e. The Balaban J connectivity index is 1.52. The molecule has 1 aromatic carbocycles. The van der Waals surface area contributed by atoms with Crippen molar-refractivity contribution in [2.75, 3.05) is 11.9 Å². The molecule has 0 aliphatic heterocycles. The summed E-state index contributed by atoms with van der Waals surface area (Å²) in [5, 5.41) is 4.57. The third-order valence-electron chi connectivity index (χ3n) is 4.16. The van der Waals surface area contributed by atoms with Gasteiger partial charge in [0.05, 0.1) is 10.2 Å². The Morgan fingerprint density at radius 1 is 1.32 bits per heavy atom. The van der Waals surface area contributed by atoms with Crippen molar-refractivity contribution in [3.63, 3.8) is 0 Å². The Hall–Kier alpha value is -1.09. The van der Waals surface area contributed by atoms with E-state index >= 15 is 0 Å². The van der Waals surface area contributed by atoms with Crippen LogP contribution in [0.25, 0.3) is 10.2 Å². The molecule has 1 saturated carbocycles. The molecule has 102 valence electrons. The summed E-state index contributed by atoms with van der Waals surface area (Å²) in [7, 11) is 0. The van der Waals surface area contributed by atoms with Gasteiger partial charge in [-0.15, -0.1) is 0 Å². The summed E-state index contributed by atoms with van der Waals surface area (Å²) in [6.07, 6.45) is 8.49. The van der Waals surface area contributed by atoms with Crippen LogP contribution in [-0.2, 0) is 0 Å². The number of fused-ring (bicyclic) bond motifs is 1. The molecule has 2 nitrogen and oxygen atoms in total. The Morgan fingerprint density at radius 2 is 2.16 bits per heavy atom. The molecule has 3 rings (SSSR count). The zero-order valence-corrected chi connectivity index (χ0v) is 12.4. The van der Waals surface area contributed by atoms with E-state index < -0.39 is 0 Å². The third kappa shape index (κ3) is 3.08. The molecule has 0 amide bonds. The van der Waals surface area contributed by atoms with E-state index in [9.17, 15) is 0 Å². The highest BCUT2D eigenvalue weighted by Crippen LogP contribution is 2.29. The van der Waals surface area contributed by atoms with Gasteiger partial charge in [-0.3, -0.25) is 0 Å². The van der Waals surface area contributed by atoms with E-state index in [4.69, 9.17) is 0 Å². The predicted molar refractivity (Wildman–Crippen MR) is 84.0 cm³/mol. The van der Waals surface area contributed by atoms with E-state index in [0.717, 1.165) is 23.1 Å². The maximum Gasteiger partial charge on any atom is 0.183 e. The normalized spacial score (nSPS) is 16.3. The molecule has 0 bridgehead atoms. The monoisotopic (exact) mass is 274 g/mol. The zero-order chi connectivity index (χ0) is 13.1. The van der Waals surface area contributed by atoms with Gasteiger partial charge in [0, 0.05) is 6.54 Å². The minimum atomic E-state index is 0.999. The highest BCUT2D eigenvalue weighted by atomic mass is 32.1. The van der Waals surface area contributed by atoms with Crippen LogP contribution < -0.4 is 5.32 Å². The number of hydrogen-bond acceptors (Lipinski definition) is 3. The van der Waals surface area contributed by atoms with Gasteiger partial charge in [0.25, 0.3) is 0 Å².